The molecule has 0 spiro atoms. The summed E-state index contributed by atoms with van der Waals surface area (Å²) in [5.74, 6) is -0.922. The highest BCUT2D eigenvalue weighted by Gasteiger charge is 2.44. The third-order valence-electron chi connectivity index (χ3n) is 3.98. The molecule has 0 aromatic carbocycles. The second-order valence-corrected chi connectivity index (χ2v) is 5.77. The van der Waals surface area contributed by atoms with Crippen molar-refractivity contribution in [2.45, 2.75) is 37.7 Å². The van der Waals surface area contributed by atoms with Crippen molar-refractivity contribution in [1.82, 2.24) is 20.1 Å². The van der Waals surface area contributed by atoms with E-state index < -0.39 is 41.5 Å². The van der Waals surface area contributed by atoms with Gasteiger partial charge in [0, 0.05) is 12.4 Å². The Kier molecular flexibility index (Phi) is 4.04. The number of aliphatic hydroxyl groups is 1. The van der Waals surface area contributed by atoms with Gasteiger partial charge in [-0.15, -0.1) is 0 Å². The van der Waals surface area contributed by atoms with Gasteiger partial charge in [0.15, 0.2) is 0 Å². The summed E-state index contributed by atoms with van der Waals surface area (Å²) in [6.45, 7) is 1.83. The summed E-state index contributed by atoms with van der Waals surface area (Å²) >= 11 is 0. The van der Waals surface area contributed by atoms with Crippen LogP contribution in [0.5, 0.6) is 0 Å². The lowest BCUT2D eigenvalue weighted by molar-refractivity contribution is -0.138. The van der Waals surface area contributed by atoms with Crippen molar-refractivity contribution in [3.05, 3.63) is 47.5 Å². The molecule has 1 fully saturated rings. The summed E-state index contributed by atoms with van der Waals surface area (Å²) in [4.78, 5) is 15.8. The van der Waals surface area contributed by atoms with Crippen molar-refractivity contribution < 1.29 is 23.1 Å². The van der Waals surface area contributed by atoms with Crippen LogP contribution in [-0.2, 0) is 6.18 Å². The smallest absolute Gasteiger partial charge is 0.391 e. The largest absolute Gasteiger partial charge is 0.418 e. The van der Waals surface area contributed by atoms with Gasteiger partial charge in [0.25, 0.3) is 5.91 Å². The van der Waals surface area contributed by atoms with Crippen molar-refractivity contribution in [3.8, 4) is 0 Å². The number of amides is 1. The first-order valence-electron chi connectivity index (χ1n) is 7.29. The van der Waals surface area contributed by atoms with E-state index in [1.165, 1.54) is 4.68 Å². The molecule has 24 heavy (non-hydrogen) atoms. The summed E-state index contributed by atoms with van der Waals surface area (Å²) in [6, 6.07) is 0.907. The van der Waals surface area contributed by atoms with Crippen molar-refractivity contribution in [2.24, 2.45) is 0 Å². The van der Waals surface area contributed by atoms with E-state index in [2.05, 4.69) is 15.4 Å². The van der Waals surface area contributed by atoms with Crippen LogP contribution in [0.4, 0.5) is 13.2 Å². The minimum atomic E-state index is -4.67. The number of carbonyl (C=O) groups excluding carboxylic acids is 1. The maximum atomic E-state index is 13.0. The van der Waals surface area contributed by atoms with Crippen molar-refractivity contribution in [1.29, 1.82) is 0 Å². The van der Waals surface area contributed by atoms with E-state index in [9.17, 15) is 23.1 Å². The van der Waals surface area contributed by atoms with Crippen LogP contribution in [0.25, 0.3) is 0 Å². The van der Waals surface area contributed by atoms with Gasteiger partial charge >= 0.3 is 6.18 Å². The number of aryl methyl sites for hydroxylation is 1. The molecule has 0 radical (unpaired) electrons. The van der Waals surface area contributed by atoms with Crippen LogP contribution < -0.4 is 5.32 Å². The van der Waals surface area contributed by atoms with Crippen molar-refractivity contribution in [2.75, 3.05) is 0 Å². The fourth-order valence-electron chi connectivity index (χ4n) is 2.76. The Labute approximate surface area is 135 Å². The zero-order valence-corrected chi connectivity index (χ0v) is 12.7. The molecule has 0 unspecified atom stereocenters. The first-order chi connectivity index (χ1) is 11.3. The number of rotatable bonds is 3. The SMILES string of the molecule is Cc1cnn([C@H]2[C@H](O)C[C@@H]2NC(=O)c2ncccc2C(F)(F)F)c1. The Morgan fingerprint density at radius 1 is 1.46 bits per heavy atom. The second-order valence-electron chi connectivity index (χ2n) is 5.77. The van der Waals surface area contributed by atoms with Crippen LogP contribution in [0, 0.1) is 6.92 Å². The number of hydrogen-bond acceptors (Lipinski definition) is 4. The first-order valence-corrected chi connectivity index (χ1v) is 7.29. The number of nitrogens with one attached hydrogen (secondary N) is 1. The van der Waals surface area contributed by atoms with Gasteiger partial charge in [-0.05, 0) is 31.0 Å². The lowest BCUT2D eigenvalue weighted by Gasteiger charge is -2.41. The summed E-state index contributed by atoms with van der Waals surface area (Å²) in [6.07, 6.45) is -0.713. The van der Waals surface area contributed by atoms with Crippen LogP contribution in [0.3, 0.4) is 0 Å². The molecule has 1 aliphatic rings. The monoisotopic (exact) mass is 340 g/mol. The van der Waals surface area contributed by atoms with Gasteiger partial charge in [-0.25, -0.2) is 0 Å². The van der Waals surface area contributed by atoms with Gasteiger partial charge < -0.3 is 10.4 Å². The molecule has 3 atom stereocenters. The molecule has 1 amide bonds. The van der Waals surface area contributed by atoms with Crippen molar-refractivity contribution >= 4 is 5.91 Å². The highest BCUT2D eigenvalue weighted by Crippen LogP contribution is 2.34. The number of halogens is 3. The van der Waals surface area contributed by atoms with Crippen LogP contribution in [0.2, 0.25) is 0 Å². The van der Waals surface area contributed by atoms with E-state index in [0.717, 1.165) is 23.9 Å². The highest BCUT2D eigenvalue weighted by molar-refractivity contribution is 5.94. The molecule has 3 rings (SSSR count). The average molecular weight is 340 g/mol. The van der Waals surface area contributed by atoms with Crippen LogP contribution in [-0.4, -0.2) is 37.9 Å². The predicted octanol–water partition coefficient (Wildman–Crippen LogP) is 1.71. The molecular weight excluding hydrogens is 325 g/mol. The zero-order chi connectivity index (χ0) is 17.5. The summed E-state index contributed by atoms with van der Waals surface area (Å²) in [5.41, 5.74) is -0.890. The molecule has 1 aliphatic carbocycles. The number of aliphatic hydroxyl groups excluding tert-OH is 1. The topological polar surface area (TPSA) is 80.0 Å². The number of pyridine rings is 1. The van der Waals surface area contributed by atoms with Gasteiger partial charge in [-0.2, -0.15) is 18.3 Å². The normalized spacial score (nSPS) is 23.6. The summed E-state index contributed by atoms with van der Waals surface area (Å²) in [5, 5.41) is 16.5. The van der Waals surface area contributed by atoms with Crippen molar-refractivity contribution in [3.63, 3.8) is 0 Å². The molecule has 0 aliphatic heterocycles. The molecule has 0 bridgehead atoms. The Hall–Kier alpha value is -2.42. The van der Waals surface area contributed by atoms with E-state index in [1.54, 1.807) is 12.4 Å². The second kappa shape index (κ2) is 5.90. The van der Waals surface area contributed by atoms with E-state index in [4.69, 9.17) is 0 Å². The molecule has 9 heteroatoms. The molecule has 6 nitrogen and oxygen atoms in total. The molecule has 1 saturated carbocycles. The molecule has 2 heterocycles. The molecule has 128 valence electrons. The van der Waals surface area contributed by atoms with Gasteiger partial charge in [-0.1, -0.05) is 0 Å². The summed E-state index contributed by atoms with van der Waals surface area (Å²) < 4.78 is 40.4. The van der Waals surface area contributed by atoms with Gasteiger partial charge in [0.1, 0.15) is 5.69 Å². The lowest BCUT2D eigenvalue weighted by atomic mass is 9.83. The lowest BCUT2D eigenvalue weighted by Crippen LogP contribution is -2.56. The third-order valence-corrected chi connectivity index (χ3v) is 3.98. The quantitative estimate of drug-likeness (QED) is 0.891. The first kappa shape index (κ1) is 16.4. The van der Waals surface area contributed by atoms with E-state index in [-0.39, 0.29) is 6.42 Å². The predicted molar refractivity (Wildman–Crippen MR) is 77.1 cm³/mol. The van der Waals surface area contributed by atoms with Gasteiger partial charge in [0.2, 0.25) is 0 Å². The van der Waals surface area contributed by atoms with Gasteiger partial charge in [-0.3, -0.25) is 14.5 Å². The number of nitrogens with zero attached hydrogens (tertiary/aromatic N) is 3. The van der Waals surface area contributed by atoms with E-state index in [1.807, 2.05) is 6.92 Å². The number of hydrogen-bond donors (Lipinski definition) is 2. The Bertz CT molecular complexity index is 759. The third kappa shape index (κ3) is 2.99. The minimum Gasteiger partial charge on any atom is -0.391 e. The maximum Gasteiger partial charge on any atom is 0.418 e. The van der Waals surface area contributed by atoms with E-state index >= 15 is 0 Å². The number of carbonyl (C=O) groups is 1. The minimum absolute atomic E-state index is 0.240. The Morgan fingerprint density at radius 2 is 2.21 bits per heavy atom. The molecule has 2 aromatic rings. The number of aromatic nitrogens is 3. The van der Waals surface area contributed by atoms with Crippen LogP contribution >= 0.6 is 0 Å². The Morgan fingerprint density at radius 3 is 2.79 bits per heavy atom. The van der Waals surface area contributed by atoms with Crippen LogP contribution in [0.1, 0.15) is 34.1 Å². The average Bonchev–Trinajstić information content (AvgIpc) is 2.91. The maximum absolute atomic E-state index is 13.0. The molecule has 0 saturated heterocycles. The summed E-state index contributed by atoms with van der Waals surface area (Å²) in [7, 11) is 0. The van der Waals surface area contributed by atoms with Gasteiger partial charge in [0.05, 0.1) is 29.9 Å². The van der Waals surface area contributed by atoms with E-state index in [0.29, 0.717) is 0 Å². The molecular formula is C15H15F3N4O2. The highest BCUT2D eigenvalue weighted by atomic mass is 19.4. The molecule has 2 N–H and O–H groups in total. The zero-order valence-electron chi connectivity index (χ0n) is 12.7. The fraction of sp³-hybridized carbons (Fsp3) is 0.400. The molecule has 2 aromatic heterocycles. The fourth-order valence-corrected chi connectivity index (χ4v) is 2.76. The Balaban J connectivity index is 1.79. The van der Waals surface area contributed by atoms with Crippen LogP contribution in [0.15, 0.2) is 30.7 Å². The number of alkyl halides is 3. The standard InChI is InChI=1S/C15H15F3N4O2/c1-8-6-20-22(7-8)13-10(5-11(13)23)21-14(24)12-9(15(16,17)18)3-2-4-19-12/h2-4,6-7,10-11,13,23H,5H2,1H3,(H,21,24)/t10-,11+,13+/m0/s1.